The van der Waals surface area contributed by atoms with E-state index in [2.05, 4.69) is 10.3 Å². The van der Waals surface area contributed by atoms with Crippen molar-refractivity contribution in [1.82, 2.24) is 5.32 Å². The standard InChI is InChI=1S/C5H8N2/c1-4-2-6-5(1)3-7-4/h2,4-5,7H,1,3H2. The molecule has 2 nitrogen and oxygen atoms in total. The van der Waals surface area contributed by atoms with Crippen molar-refractivity contribution >= 4 is 6.21 Å². The van der Waals surface area contributed by atoms with Crippen LogP contribution in [0.2, 0.25) is 0 Å². The predicted molar refractivity (Wildman–Crippen MR) is 28.7 cm³/mol. The Morgan fingerprint density at radius 2 is 2.71 bits per heavy atom. The molecular formula is C5H8N2. The molecule has 0 aromatic heterocycles. The first kappa shape index (κ1) is 3.61. The predicted octanol–water partition coefficient (Wildman–Crippen LogP) is -0.199. The van der Waals surface area contributed by atoms with Crippen molar-refractivity contribution < 1.29 is 0 Å². The van der Waals surface area contributed by atoms with Crippen LogP contribution in [-0.4, -0.2) is 24.8 Å². The molecule has 1 saturated heterocycles. The topological polar surface area (TPSA) is 24.4 Å². The Balaban J connectivity index is 2.27. The molecule has 0 radical (unpaired) electrons. The van der Waals surface area contributed by atoms with E-state index in [0.29, 0.717) is 12.1 Å². The molecule has 0 aliphatic carbocycles. The largest absolute Gasteiger partial charge is 0.307 e. The average Bonchev–Trinajstić information content (AvgIpc) is 2.22. The molecule has 0 aromatic carbocycles. The highest BCUT2D eigenvalue weighted by Crippen LogP contribution is 2.14. The minimum Gasteiger partial charge on any atom is -0.307 e. The fourth-order valence-electron chi connectivity index (χ4n) is 1.20. The first-order valence-corrected chi connectivity index (χ1v) is 2.72. The number of nitrogens with one attached hydrogen (secondary N) is 1. The van der Waals surface area contributed by atoms with E-state index in [1.165, 1.54) is 6.42 Å². The third-order valence-electron chi connectivity index (χ3n) is 1.62. The van der Waals surface area contributed by atoms with Crippen LogP contribution in [0.4, 0.5) is 0 Å². The normalized spacial score (nSPS) is 45.7. The molecule has 2 atom stereocenters. The van der Waals surface area contributed by atoms with Crippen LogP contribution >= 0.6 is 0 Å². The van der Waals surface area contributed by atoms with E-state index >= 15 is 0 Å². The van der Waals surface area contributed by atoms with Crippen LogP contribution < -0.4 is 5.32 Å². The number of fused-ring (bicyclic) bond motifs is 2. The summed E-state index contributed by atoms with van der Waals surface area (Å²) in [7, 11) is 0. The summed E-state index contributed by atoms with van der Waals surface area (Å²) in [6.45, 7) is 1.11. The summed E-state index contributed by atoms with van der Waals surface area (Å²) in [4.78, 5) is 4.22. The molecule has 2 heteroatoms. The number of hydrogen-bond acceptors (Lipinski definition) is 2. The van der Waals surface area contributed by atoms with Gasteiger partial charge in [0.1, 0.15) is 0 Å². The van der Waals surface area contributed by atoms with Gasteiger partial charge in [0, 0.05) is 18.8 Å². The zero-order chi connectivity index (χ0) is 4.69. The summed E-state index contributed by atoms with van der Waals surface area (Å²) in [5.41, 5.74) is 0. The van der Waals surface area contributed by atoms with Crippen LogP contribution in [0.1, 0.15) is 6.42 Å². The monoisotopic (exact) mass is 96.1 g/mol. The third kappa shape index (κ3) is 0.399. The molecule has 2 aliphatic rings. The summed E-state index contributed by atoms with van der Waals surface area (Å²) < 4.78 is 0. The second-order valence-corrected chi connectivity index (χ2v) is 2.20. The lowest BCUT2D eigenvalue weighted by molar-refractivity contribution is 0.737. The molecular weight excluding hydrogens is 88.1 g/mol. The maximum Gasteiger partial charge on any atom is 0.0639 e. The minimum atomic E-state index is 0.630. The maximum absolute atomic E-state index is 4.22. The molecule has 2 aliphatic heterocycles. The second-order valence-electron chi connectivity index (χ2n) is 2.20. The Kier molecular flexibility index (Phi) is 0.551. The van der Waals surface area contributed by atoms with E-state index in [0.717, 1.165) is 6.54 Å². The van der Waals surface area contributed by atoms with Gasteiger partial charge in [-0.25, -0.2) is 0 Å². The van der Waals surface area contributed by atoms with Crippen molar-refractivity contribution in [2.24, 2.45) is 4.99 Å². The van der Waals surface area contributed by atoms with Crippen LogP contribution in [0.25, 0.3) is 0 Å². The SMILES string of the molecule is C1=NC2CNC1C2. The van der Waals surface area contributed by atoms with E-state index in [-0.39, 0.29) is 0 Å². The molecule has 0 saturated carbocycles. The van der Waals surface area contributed by atoms with Gasteiger partial charge in [-0.3, -0.25) is 4.99 Å². The fourth-order valence-corrected chi connectivity index (χ4v) is 1.20. The van der Waals surface area contributed by atoms with Gasteiger partial charge in [-0.2, -0.15) is 0 Å². The Bertz CT molecular complexity index is 96.6. The minimum absolute atomic E-state index is 0.630. The Labute approximate surface area is 42.6 Å². The molecule has 1 N–H and O–H groups in total. The maximum atomic E-state index is 4.22. The van der Waals surface area contributed by atoms with Crippen LogP contribution in [-0.2, 0) is 0 Å². The van der Waals surface area contributed by atoms with Gasteiger partial charge in [0.15, 0.2) is 0 Å². The highest BCUT2D eigenvalue weighted by Gasteiger charge is 2.26. The van der Waals surface area contributed by atoms with Gasteiger partial charge < -0.3 is 5.32 Å². The molecule has 2 rings (SSSR count). The van der Waals surface area contributed by atoms with Gasteiger partial charge in [0.2, 0.25) is 0 Å². The molecule has 0 aromatic rings. The molecule has 0 amide bonds. The lowest BCUT2D eigenvalue weighted by Gasteiger charge is -2.00. The Morgan fingerprint density at radius 3 is 2.86 bits per heavy atom. The van der Waals surface area contributed by atoms with Crippen molar-refractivity contribution in [3.05, 3.63) is 0 Å². The van der Waals surface area contributed by atoms with E-state index in [1.54, 1.807) is 0 Å². The highest BCUT2D eigenvalue weighted by molar-refractivity contribution is 5.68. The summed E-state index contributed by atoms with van der Waals surface area (Å²) in [6, 6.07) is 1.26. The lowest BCUT2D eigenvalue weighted by atomic mass is 10.2. The summed E-state index contributed by atoms with van der Waals surface area (Å²) in [6.07, 6.45) is 3.27. The van der Waals surface area contributed by atoms with E-state index in [1.807, 2.05) is 6.21 Å². The van der Waals surface area contributed by atoms with Gasteiger partial charge in [-0.1, -0.05) is 0 Å². The van der Waals surface area contributed by atoms with Gasteiger partial charge in [0.25, 0.3) is 0 Å². The summed E-state index contributed by atoms with van der Waals surface area (Å²) in [5.74, 6) is 0. The summed E-state index contributed by atoms with van der Waals surface area (Å²) >= 11 is 0. The van der Waals surface area contributed by atoms with Crippen molar-refractivity contribution in [1.29, 1.82) is 0 Å². The highest BCUT2D eigenvalue weighted by atomic mass is 15.1. The molecule has 38 valence electrons. The second kappa shape index (κ2) is 1.07. The van der Waals surface area contributed by atoms with Crippen LogP contribution in [0.3, 0.4) is 0 Å². The Morgan fingerprint density at radius 1 is 1.71 bits per heavy atom. The van der Waals surface area contributed by atoms with Gasteiger partial charge >= 0.3 is 0 Å². The van der Waals surface area contributed by atoms with Crippen LogP contribution in [0, 0.1) is 0 Å². The first-order valence-electron chi connectivity index (χ1n) is 2.72. The molecule has 2 unspecified atom stereocenters. The average molecular weight is 96.1 g/mol. The number of nitrogens with zero attached hydrogens (tertiary/aromatic N) is 1. The molecule has 1 fully saturated rings. The number of hydrogen-bond donors (Lipinski definition) is 1. The van der Waals surface area contributed by atoms with Crippen LogP contribution in [0.5, 0.6) is 0 Å². The van der Waals surface area contributed by atoms with E-state index < -0.39 is 0 Å². The van der Waals surface area contributed by atoms with Gasteiger partial charge in [-0.05, 0) is 6.42 Å². The van der Waals surface area contributed by atoms with Crippen molar-refractivity contribution in [2.45, 2.75) is 18.5 Å². The molecule has 7 heavy (non-hydrogen) atoms. The first-order chi connectivity index (χ1) is 3.45. The van der Waals surface area contributed by atoms with Crippen molar-refractivity contribution in [3.63, 3.8) is 0 Å². The quantitative estimate of drug-likeness (QED) is 0.444. The van der Waals surface area contributed by atoms with Gasteiger partial charge in [0.05, 0.1) is 6.04 Å². The molecule has 0 spiro atoms. The Hall–Kier alpha value is -0.370. The lowest BCUT2D eigenvalue weighted by Crippen LogP contribution is -2.25. The van der Waals surface area contributed by atoms with Crippen molar-refractivity contribution in [3.8, 4) is 0 Å². The summed E-state index contributed by atoms with van der Waals surface area (Å²) in [5, 5.41) is 3.31. The van der Waals surface area contributed by atoms with Gasteiger partial charge in [-0.15, -0.1) is 0 Å². The number of rotatable bonds is 0. The molecule has 2 heterocycles. The fraction of sp³-hybridized carbons (Fsp3) is 0.800. The van der Waals surface area contributed by atoms with Crippen molar-refractivity contribution in [2.75, 3.05) is 6.54 Å². The zero-order valence-corrected chi connectivity index (χ0v) is 4.09. The number of aliphatic imine (C=N–C) groups is 1. The van der Waals surface area contributed by atoms with E-state index in [9.17, 15) is 0 Å². The molecule has 2 bridgehead atoms. The zero-order valence-electron chi connectivity index (χ0n) is 4.09. The smallest absolute Gasteiger partial charge is 0.0639 e. The van der Waals surface area contributed by atoms with E-state index in [4.69, 9.17) is 0 Å². The third-order valence-corrected chi connectivity index (χ3v) is 1.62. The van der Waals surface area contributed by atoms with Crippen LogP contribution in [0.15, 0.2) is 4.99 Å².